The fraction of sp³-hybridized carbons (Fsp3) is 0.812. The fourth-order valence-corrected chi connectivity index (χ4v) is 3.41. The number of piperidine rings is 1. The normalized spacial score (nSPS) is 21.4. The minimum atomic E-state index is -3.59. The van der Waals surface area contributed by atoms with E-state index in [4.69, 9.17) is 19.1 Å². The van der Waals surface area contributed by atoms with Crippen LogP contribution in [0.1, 0.15) is 33.6 Å². The van der Waals surface area contributed by atoms with Gasteiger partial charge in [0.25, 0.3) is 10.1 Å². The second-order valence-corrected chi connectivity index (χ2v) is 9.48. The van der Waals surface area contributed by atoms with Crippen LogP contribution >= 0.6 is 0 Å². The largest absolute Gasteiger partial charge is 0.444 e. The minimum absolute atomic E-state index is 0.0453. The van der Waals surface area contributed by atoms with E-state index >= 15 is 0 Å². The van der Waals surface area contributed by atoms with Crippen LogP contribution in [0.3, 0.4) is 0 Å². The highest BCUT2D eigenvalue weighted by molar-refractivity contribution is 7.85. The van der Waals surface area contributed by atoms with E-state index in [1.54, 1.807) is 30.6 Å². The molecule has 0 aromatic rings. The Labute approximate surface area is 164 Å². The third kappa shape index (κ3) is 6.82. The summed E-state index contributed by atoms with van der Waals surface area (Å²) in [7, 11) is -3.59. The third-order valence-corrected chi connectivity index (χ3v) is 4.78. The van der Waals surface area contributed by atoms with Crippen LogP contribution in [-0.2, 0) is 23.8 Å². The molecule has 0 spiro atoms. The van der Waals surface area contributed by atoms with Crippen LogP contribution in [0, 0.1) is 5.41 Å². The molecule has 2 heterocycles. The standard InChI is InChI=1S/C16H28N4O7S/c1-16(2,3)27-14(21)18-13(17)19-7-5-11(6-8-19)20-9-12(26-15(20)22)10-25-28(4,23)24/h11-12H,5-10H2,1-4H3,(H2,17,18,21). The van der Waals surface area contributed by atoms with Gasteiger partial charge in [0.15, 0.2) is 0 Å². The van der Waals surface area contributed by atoms with Gasteiger partial charge in [0.2, 0.25) is 5.96 Å². The summed E-state index contributed by atoms with van der Waals surface area (Å²) in [4.78, 5) is 27.1. The van der Waals surface area contributed by atoms with E-state index in [0.29, 0.717) is 25.9 Å². The summed E-state index contributed by atoms with van der Waals surface area (Å²) in [5.74, 6) is -0.0453. The van der Waals surface area contributed by atoms with Crippen LogP contribution in [0.4, 0.5) is 9.59 Å². The minimum Gasteiger partial charge on any atom is -0.444 e. The molecule has 0 aromatic carbocycles. The van der Waals surface area contributed by atoms with Crippen LogP contribution in [0.2, 0.25) is 0 Å². The van der Waals surface area contributed by atoms with Crippen molar-refractivity contribution in [1.82, 2.24) is 15.1 Å². The summed E-state index contributed by atoms with van der Waals surface area (Å²) in [6, 6.07) is -0.0821. The van der Waals surface area contributed by atoms with Crippen molar-refractivity contribution in [2.45, 2.75) is 51.4 Å². The molecule has 2 rings (SSSR count). The number of rotatable bonds is 4. The van der Waals surface area contributed by atoms with E-state index in [1.165, 1.54) is 0 Å². The van der Waals surface area contributed by atoms with Gasteiger partial charge in [-0.25, -0.2) is 9.59 Å². The summed E-state index contributed by atoms with van der Waals surface area (Å²) in [6.07, 6.45) is 0.309. The van der Waals surface area contributed by atoms with Gasteiger partial charge in [-0.2, -0.15) is 8.42 Å². The molecule has 28 heavy (non-hydrogen) atoms. The Kier molecular flexibility index (Phi) is 6.75. The van der Waals surface area contributed by atoms with Crippen LogP contribution in [0.15, 0.2) is 0 Å². The third-order valence-electron chi connectivity index (χ3n) is 4.21. The maximum atomic E-state index is 12.1. The van der Waals surface area contributed by atoms with Crippen molar-refractivity contribution < 1.29 is 31.7 Å². The number of alkyl carbamates (subject to hydrolysis) is 1. The van der Waals surface area contributed by atoms with Gasteiger partial charge in [-0.3, -0.25) is 14.9 Å². The predicted octanol–water partition coefficient (Wildman–Crippen LogP) is 0.707. The summed E-state index contributed by atoms with van der Waals surface area (Å²) >= 11 is 0. The molecule has 11 nitrogen and oxygen atoms in total. The average molecular weight is 420 g/mol. The Balaban J connectivity index is 1.79. The molecule has 1 atom stereocenters. The molecule has 12 heteroatoms. The summed E-state index contributed by atoms with van der Waals surface area (Å²) < 4.78 is 37.1. The van der Waals surface area contributed by atoms with E-state index in [1.807, 2.05) is 0 Å². The first-order valence-electron chi connectivity index (χ1n) is 8.99. The van der Waals surface area contributed by atoms with Crippen molar-refractivity contribution in [3.05, 3.63) is 0 Å². The van der Waals surface area contributed by atoms with Crippen LogP contribution in [0.25, 0.3) is 0 Å². The second-order valence-electron chi connectivity index (χ2n) is 7.84. The Hall–Kier alpha value is -2.08. The first-order valence-corrected chi connectivity index (χ1v) is 10.8. The lowest BCUT2D eigenvalue weighted by atomic mass is 10.0. The Morgan fingerprint density at radius 2 is 1.93 bits per heavy atom. The Morgan fingerprint density at radius 1 is 1.32 bits per heavy atom. The number of nitrogens with one attached hydrogen (secondary N) is 2. The molecule has 0 bridgehead atoms. The Morgan fingerprint density at radius 3 is 2.46 bits per heavy atom. The number of cyclic esters (lactones) is 1. The average Bonchev–Trinajstić information content (AvgIpc) is 2.91. The zero-order valence-corrected chi connectivity index (χ0v) is 17.4. The lowest BCUT2D eigenvalue weighted by molar-refractivity contribution is 0.0553. The summed E-state index contributed by atoms with van der Waals surface area (Å²) in [6.45, 7) is 6.24. The molecule has 2 aliphatic heterocycles. The van der Waals surface area contributed by atoms with Crippen LogP contribution in [-0.4, -0.2) is 86.6 Å². The highest BCUT2D eigenvalue weighted by atomic mass is 32.2. The van der Waals surface area contributed by atoms with Gasteiger partial charge in [-0.15, -0.1) is 0 Å². The van der Waals surface area contributed by atoms with Crippen molar-refractivity contribution >= 4 is 28.3 Å². The number of guanidine groups is 1. The van der Waals surface area contributed by atoms with Gasteiger partial charge in [0, 0.05) is 19.1 Å². The molecule has 2 amide bonds. The van der Waals surface area contributed by atoms with E-state index in [2.05, 4.69) is 5.32 Å². The molecule has 2 N–H and O–H groups in total. The Bertz CT molecular complexity index is 711. The molecule has 1 unspecified atom stereocenters. The predicted molar refractivity (Wildman–Crippen MR) is 99.5 cm³/mol. The lowest BCUT2D eigenvalue weighted by Gasteiger charge is -2.36. The first kappa shape index (κ1) is 22.2. The number of hydrogen-bond donors (Lipinski definition) is 2. The molecule has 160 valence electrons. The highest BCUT2D eigenvalue weighted by Gasteiger charge is 2.38. The number of carbonyl (C=O) groups is 2. The maximum Gasteiger partial charge on any atom is 0.414 e. The van der Waals surface area contributed by atoms with E-state index in [0.717, 1.165) is 6.26 Å². The van der Waals surface area contributed by atoms with Gasteiger partial charge >= 0.3 is 12.2 Å². The number of carbonyl (C=O) groups excluding carboxylic acids is 2. The van der Waals surface area contributed by atoms with Crippen molar-refractivity contribution in [2.24, 2.45) is 0 Å². The molecular formula is C16H28N4O7S. The van der Waals surface area contributed by atoms with Gasteiger partial charge in [-0.1, -0.05) is 0 Å². The highest BCUT2D eigenvalue weighted by Crippen LogP contribution is 2.23. The van der Waals surface area contributed by atoms with Crippen molar-refractivity contribution in [1.29, 1.82) is 5.41 Å². The monoisotopic (exact) mass is 420 g/mol. The van der Waals surface area contributed by atoms with E-state index in [-0.39, 0.29) is 25.2 Å². The number of likely N-dealkylation sites (tertiary alicyclic amines) is 1. The molecule has 2 aliphatic rings. The summed E-state index contributed by atoms with van der Waals surface area (Å²) in [5.41, 5.74) is -0.648. The van der Waals surface area contributed by atoms with E-state index < -0.39 is 34.0 Å². The van der Waals surface area contributed by atoms with Gasteiger partial charge in [-0.05, 0) is 33.6 Å². The number of amides is 2. The molecule has 0 aromatic heterocycles. The first-order chi connectivity index (χ1) is 12.8. The van der Waals surface area contributed by atoms with Crippen molar-refractivity contribution in [3.8, 4) is 0 Å². The quantitative estimate of drug-likeness (QED) is 0.385. The van der Waals surface area contributed by atoms with Crippen LogP contribution in [0.5, 0.6) is 0 Å². The second kappa shape index (κ2) is 8.52. The van der Waals surface area contributed by atoms with Crippen molar-refractivity contribution in [2.75, 3.05) is 32.5 Å². The summed E-state index contributed by atoms with van der Waals surface area (Å²) in [5, 5.41) is 10.4. The number of nitrogens with zero attached hydrogens (tertiary/aromatic N) is 2. The SMILES string of the molecule is CC(C)(C)OC(=O)NC(=N)N1CCC(N2CC(COS(C)(=O)=O)OC2=O)CC1. The number of hydrogen-bond acceptors (Lipinski definition) is 8. The van der Waals surface area contributed by atoms with Gasteiger partial charge in [0.05, 0.1) is 12.8 Å². The van der Waals surface area contributed by atoms with Crippen molar-refractivity contribution in [3.63, 3.8) is 0 Å². The fourth-order valence-electron chi connectivity index (χ4n) is 3.01. The number of ether oxygens (including phenoxy) is 2. The lowest BCUT2D eigenvalue weighted by Crippen LogP contribution is -2.51. The molecule has 2 fully saturated rings. The molecule has 2 saturated heterocycles. The zero-order chi connectivity index (χ0) is 21.1. The molecule has 0 radical (unpaired) electrons. The maximum absolute atomic E-state index is 12.1. The molecule has 0 saturated carbocycles. The smallest absolute Gasteiger partial charge is 0.414 e. The topological polar surface area (TPSA) is 138 Å². The molecular weight excluding hydrogens is 392 g/mol. The van der Waals surface area contributed by atoms with Crippen LogP contribution < -0.4 is 5.32 Å². The van der Waals surface area contributed by atoms with E-state index in [9.17, 15) is 18.0 Å². The molecule has 0 aliphatic carbocycles. The van der Waals surface area contributed by atoms with Gasteiger partial charge in [0.1, 0.15) is 18.3 Å². The zero-order valence-electron chi connectivity index (χ0n) is 16.6. The van der Waals surface area contributed by atoms with Gasteiger partial charge < -0.3 is 19.3 Å².